The Kier molecular flexibility index (Phi) is 4.56. The van der Waals surface area contributed by atoms with Crippen LogP contribution in [0.5, 0.6) is 5.88 Å². The maximum Gasteiger partial charge on any atom is 0.238 e. The topological polar surface area (TPSA) is 55.2 Å². The van der Waals surface area contributed by atoms with Crippen LogP contribution in [0.15, 0.2) is 12.4 Å². The minimum atomic E-state index is -0.645. The predicted octanol–water partition coefficient (Wildman–Crippen LogP) is 2.05. The summed E-state index contributed by atoms with van der Waals surface area (Å²) in [5.74, 6) is 0.975. The lowest BCUT2D eigenvalue weighted by molar-refractivity contribution is 0.192. The summed E-state index contributed by atoms with van der Waals surface area (Å²) in [7, 11) is 1.52. The van der Waals surface area contributed by atoms with Gasteiger partial charge < -0.3 is 9.84 Å². The number of thioether (sulfide) groups is 1. The van der Waals surface area contributed by atoms with Crippen molar-refractivity contribution in [1.82, 2.24) is 9.97 Å². The van der Waals surface area contributed by atoms with Gasteiger partial charge in [0, 0.05) is 22.9 Å². The molecule has 0 radical (unpaired) electrons. The Bertz CT molecular complexity index is 339. The van der Waals surface area contributed by atoms with Crippen molar-refractivity contribution in [3.8, 4) is 5.88 Å². The van der Waals surface area contributed by atoms with Crippen molar-refractivity contribution in [2.75, 3.05) is 12.9 Å². The lowest BCUT2D eigenvalue weighted by atomic mass is 10.2. The third kappa shape index (κ3) is 3.98. The predicted molar refractivity (Wildman–Crippen MR) is 65.8 cm³/mol. The number of methoxy groups -OCH3 is 1. The highest BCUT2D eigenvalue weighted by Crippen LogP contribution is 2.29. The Balaban J connectivity index is 2.69. The zero-order valence-electron chi connectivity index (χ0n) is 10.1. The number of hydrogen-bond acceptors (Lipinski definition) is 5. The summed E-state index contributed by atoms with van der Waals surface area (Å²) in [6, 6.07) is 0. The molecule has 0 saturated carbocycles. The molecule has 90 valence electrons. The molecule has 4 nitrogen and oxygen atoms in total. The SMILES string of the molecule is COc1nccnc1C(O)CSC(C)(C)C. The lowest BCUT2D eigenvalue weighted by Gasteiger charge is -2.20. The van der Waals surface area contributed by atoms with Crippen molar-refractivity contribution in [2.45, 2.75) is 31.6 Å². The molecule has 0 spiro atoms. The standard InChI is InChI=1S/C11H18N2O2S/c1-11(2,3)16-7-8(14)9-10(15-4)13-6-5-12-9/h5-6,8,14H,7H2,1-4H3. The first-order valence-corrected chi connectivity index (χ1v) is 6.09. The normalized spacial score (nSPS) is 13.6. The molecule has 1 rings (SSSR count). The Labute approximate surface area is 100 Å². The molecule has 0 bridgehead atoms. The molecule has 0 aliphatic heterocycles. The van der Waals surface area contributed by atoms with E-state index in [0.29, 0.717) is 17.3 Å². The minimum absolute atomic E-state index is 0.121. The fourth-order valence-corrected chi connectivity index (χ4v) is 1.95. The van der Waals surface area contributed by atoms with Crippen molar-refractivity contribution in [2.24, 2.45) is 0 Å². The first kappa shape index (κ1) is 13.3. The van der Waals surface area contributed by atoms with E-state index in [9.17, 15) is 5.11 Å². The molecule has 1 unspecified atom stereocenters. The lowest BCUT2D eigenvalue weighted by Crippen LogP contribution is -2.13. The van der Waals surface area contributed by atoms with Gasteiger partial charge in [-0.2, -0.15) is 11.8 Å². The first-order valence-electron chi connectivity index (χ1n) is 5.11. The van der Waals surface area contributed by atoms with E-state index in [2.05, 4.69) is 30.7 Å². The van der Waals surface area contributed by atoms with Gasteiger partial charge in [-0.05, 0) is 0 Å². The Morgan fingerprint density at radius 3 is 2.56 bits per heavy atom. The molecule has 1 atom stereocenters. The van der Waals surface area contributed by atoms with Gasteiger partial charge in [0.15, 0.2) is 0 Å². The second-order valence-electron chi connectivity index (χ2n) is 4.39. The number of ether oxygens (including phenoxy) is 1. The maximum absolute atomic E-state index is 9.99. The van der Waals surface area contributed by atoms with E-state index in [-0.39, 0.29) is 4.75 Å². The van der Waals surface area contributed by atoms with Crippen LogP contribution in [-0.2, 0) is 0 Å². The van der Waals surface area contributed by atoms with Crippen LogP contribution in [0.3, 0.4) is 0 Å². The maximum atomic E-state index is 9.99. The summed E-state index contributed by atoms with van der Waals surface area (Å²) >= 11 is 1.68. The molecule has 1 heterocycles. The molecule has 1 aromatic heterocycles. The van der Waals surface area contributed by atoms with E-state index >= 15 is 0 Å². The van der Waals surface area contributed by atoms with Gasteiger partial charge in [0.2, 0.25) is 5.88 Å². The highest BCUT2D eigenvalue weighted by Gasteiger charge is 2.19. The van der Waals surface area contributed by atoms with E-state index < -0.39 is 6.10 Å². The van der Waals surface area contributed by atoms with Crippen LogP contribution in [0.25, 0.3) is 0 Å². The summed E-state index contributed by atoms with van der Waals surface area (Å²) < 4.78 is 5.18. The Morgan fingerprint density at radius 1 is 1.38 bits per heavy atom. The van der Waals surface area contributed by atoms with E-state index in [1.54, 1.807) is 24.2 Å². The fraction of sp³-hybridized carbons (Fsp3) is 0.636. The number of rotatable bonds is 4. The van der Waals surface area contributed by atoms with Crippen molar-refractivity contribution in [3.05, 3.63) is 18.1 Å². The second kappa shape index (κ2) is 5.50. The molecule has 0 aliphatic rings. The second-order valence-corrected chi connectivity index (χ2v) is 6.24. The van der Waals surface area contributed by atoms with Crippen LogP contribution in [0.2, 0.25) is 0 Å². The van der Waals surface area contributed by atoms with E-state index in [1.165, 1.54) is 7.11 Å². The molecule has 16 heavy (non-hydrogen) atoms. The van der Waals surface area contributed by atoms with Gasteiger partial charge in [-0.1, -0.05) is 20.8 Å². The van der Waals surface area contributed by atoms with Crippen molar-refractivity contribution in [3.63, 3.8) is 0 Å². The van der Waals surface area contributed by atoms with Crippen LogP contribution in [-0.4, -0.2) is 32.7 Å². The summed E-state index contributed by atoms with van der Waals surface area (Å²) in [5, 5.41) is 9.99. The van der Waals surface area contributed by atoms with Gasteiger partial charge >= 0.3 is 0 Å². The molecule has 0 amide bonds. The third-order valence-electron chi connectivity index (χ3n) is 1.87. The van der Waals surface area contributed by atoms with Gasteiger partial charge in [-0.25, -0.2) is 4.98 Å². The zero-order valence-corrected chi connectivity index (χ0v) is 10.9. The molecular weight excluding hydrogens is 224 g/mol. The quantitative estimate of drug-likeness (QED) is 0.875. The van der Waals surface area contributed by atoms with Crippen LogP contribution in [0.1, 0.15) is 32.6 Å². The first-order chi connectivity index (χ1) is 7.44. The molecule has 0 saturated heterocycles. The van der Waals surface area contributed by atoms with Gasteiger partial charge in [0.1, 0.15) is 11.8 Å². The van der Waals surface area contributed by atoms with Gasteiger partial charge in [-0.3, -0.25) is 4.98 Å². The van der Waals surface area contributed by atoms with Crippen molar-refractivity contribution in [1.29, 1.82) is 0 Å². The van der Waals surface area contributed by atoms with Gasteiger partial charge in [0.05, 0.1) is 7.11 Å². The third-order valence-corrected chi connectivity index (χ3v) is 3.22. The van der Waals surface area contributed by atoms with Crippen molar-refractivity contribution >= 4 is 11.8 Å². The van der Waals surface area contributed by atoms with Crippen molar-refractivity contribution < 1.29 is 9.84 Å². The highest BCUT2D eigenvalue weighted by molar-refractivity contribution is 8.00. The summed E-state index contributed by atoms with van der Waals surface area (Å²) in [6.45, 7) is 6.33. The Morgan fingerprint density at radius 2 is 2.00 bits per heavy atom. The number of aliphatic hydroxyl groups is 1. The molecule has 1 aromatic rings. The monoisotopic (exact) mass is 242 g/mol. The van der Waals surface area contributed by atoms with Crippen LogP contribution in [0.4, 0.5) is 0 Å². The van der Waals surface area contributed by atoms with Gasteiger partial charge in [0.25, 0.3) is 0 Å². The minimum Gasteiger partial charge on any atom is -0.480 e. The van der Waals surface area contributed by atoms with Crippen LogP contribution in [0, 0.1) is 0 Å². The Hall–Kier alpha value is -0.810. The van der Waals surface area contributed by atoms with E-state index in [0.717, 1.165) is 0 Å². The number of aromatic nitrogens is 2. The largest absolute Gasteiger partial charge is 0.480 e. The molecule has 1 N–H and O–H groups in total. The number of hydrogen-bond donors (Lipinski definition) is 1. The zero-order chi connectivity index (χ0) is 12.2. The van der Waals surface area contributed by atoms with Crippen LogP contribution < -0.4 is 4.74 Å². The summed E-state index contributed by atoms with van der Waals surface area (Å²) in [5.41, 5.74) is 0.502. The fourth-order valence-electron chi connectivity index (χ4n) is 1.13. The molecule has 0 fully saturated rings. The molecule has 0 aliphatic carbocycles. The van der Waals surface area contributed by atoms with E-state index in [1.807, 2.05) is 0 Å². The average Bonchev–Trinajstić information content (AvgIpc) is 2.25. The number of aliphatic hydroxyl groups excluding tert-OH is 1. The number of nitrogens with zero attached hydrogens (tertiary/aromatic N) is 2. The molecule has 5 heteroatoms. The summed E-state index contributed by atoms with van der Waals surface area (Å²) in [6.07, 6.45) is 2.46. The highest BCUT2D eigenvalue weighted by atomic mass is 32.2. The average molecular weight is 242 g/mol. The summed E-state index contributed by atoms with van der Waals surface area (Å²) in [4.78, 5) is 8.11. The van der Waals surface area contributed by atoms with Gasteiger partial charge in [-0.15, -0.1) is 0 Å². The smallest absolute Gasteiger partial charge is 0.238 e. The molecule has 0 aromatic carbocycles. The molecular formula is C11H18N2O2S. The van der Waals surface area contributed by atoms with E-state index in [4.69, 9.17) is 4.74 Å². The van der Waals surface area contributed by atoms with Crippen LogP contribution >= 0.6 is 11.8 Å².